The molecule has 3 aliphatic heterocycles. The third kappa shape index (κ3) is 3.45. The molecule has 2 unspecified atom stereocenters. The van der Waals surface area contributed by atoms with Crippen molar-refractivity contribution in [3.8, 4) is 22.9 Å². The zero-order chi connectivity index (χ0) is 23.2. The van der Waals surface area contributed by atoms with Gasteiger partial charge in [-0.15, -0.1) is 0 Å². The molecule has 8 nitrogen and oxygen atoms in total. The van der Waals surface area contributed by atoms with Crippen molar-refractivity contribution < 1.29 is 4.74 Å². The van der Waals surface area contributed by atoms with Crippen LogP contribution >= 0.6 is 0 Å². The summed E-state index contributed by atoms with van der Waals surface area (Å²) in [7, 11) is 1.66. The second kappa shape index (κ2) is 8.12. The molecule has 3 saturated heterocycles. The summed E-state index contributed by atoms with van der Waals surface area (Å²) < 4.78 is 6.99. The van der Waals surface area contributed by atoms with Gasteiger partial charge >= 0.3 is 0 Å². The summed E-state index contributed by atoms with van der Waals surface area (Å²) in [5, 5.41) is 13.8. The molecule has 0 aliphatic carbocycles. The van der Waals surface area contributed by atoms with Gasteiger partial charge in [0, 0.05) is 55.2 Å². The van der Waals surface area contributed by atoms with Gasteiger partial charge in [0.25, 0.3) is 0 Å². The molecule has 7 rings (SSSR count). The van der Waals surface area contributed by atoms with Crippen LogP contribution in [-0.2, 0) is 6.54 Å². The van der Waals surface area contributed by atoms with Gasteiger partial charge in [-0.3, -0.25) is 9.88 Å². The number of aromatic nitrogens is 4. The maximum Gasteiger partial charge on any atom is 0.137 e. The standard InChI is InChI=1S/C26H25N7O/c1-17-7-24(26-19(9-27)11-30-33(26)13-17)18-3-6-25(29-10-18)31-15-21-8-22(16-31)32(21)14-20-4-5-23(34-2)12-28-20/h3-7,10-13,21-22H,8,14-16H2,1-2H3. The maximum absolute atomic E-state index is 9.51. The zero-order valence-electron chi connectivity index (χ0n) is 19.2. The second-order valence-electron chi connectivity index (χ2n) is 9.11. The summed E-state index contributed by atoms with van der Waals surface area (Å²) in [4.78, 5) is 14.3. The number of hydrogen-bond acceptors (Lipinski definition) is 7. The molecule has 0 N–H and O–H groups in total. The molecule has 0 amide bonds. The number of pyridine rings is 3. The van der Waals surface area contributed by atoms with Gasteiger partial charge in [-0.05, 0) is 49.2 Å². The molecule has 0 saturated carbocycles. The molecule has 2 atom stereocenters. The summed E-state index contributed by atoms with van der Waals surface area (Å²) in [5.41, 5.74) is 5.53. The second-order valence-corrected chi connectivity index (χ2v) is 9.11. The lowest BCUT2D eigenvalue weighted by Crippen LogP contribution is -2.68. The molecule has 2 bridgehead atoms. The summed E-state index contributed by atoms with van der Waals surface area (Å²) in [6, 6.07) is 13.6. The average Bonchev–Trinajstić information content (AvgIpc) is 3.30. The van der Waals surface area contributed by atoms with Crippen LogP contribution in [0.15, 0.2) is 55.1 Å². The number of hydrogen-bond donors (Lipinski definition) is 0. The first kappa shape index (κ1) is 20.6. The molecule has 3 aliphatic rings. The molecule has 34 heavy (non-hydrogen) atoms. The summed E-state index contributed by atoms with van der Waals surface area (Å²) in [5.74, 6) is 1.79. The van der Waals surface area contributed by atoms with Crippen molar-refractivity contribution in [1.29, 1.82) is 5.26 Å². The number of piperidine rings is 1. The molecule has 3 fully saturated rings. The van der Waals surface area contributed by atoms with Gasteiger partial charge in [0.1, 0.15) is 17.6 Å². The number of nitrogens with zero attached hydrogens (tertiary/aromatic N) is 7. The van der Waals surface area contributed by atoms with Crippen LogP contribution in [0.1, 0.15) is 23.2 Å². The minimum absolute atomic E-state index is 0.519. The first-order valence-electron chi connectivity index (χ1n) is 11.5. The van der Waals surface area contributed by atoms with E-state index in [0.717, 1.165) is 59.1 Å². The molecule has 4 aromatic rings. The highest BCUT2D eigenvalue weighted by molar-refractivity contribution is 5.84. The molecular weight excluding hydrogens is 426 g/mol. The molecule has 170 valence electrons. The van der Waals surface area contributed by atoms with E-state index in [9.17, 15) is 5.26 Å². The van der Waals surface area contributed by atoms with E-state index >= 15 is 0 Å². The Kier molecular flexibility index (Phi) is 4.93. The van der Waals surface area contributed by atoms with Crippen LogP contribution < -0.4 is 9.64 Å². The van der Waals surface area contributed by atoms with Crippen molar-refractivity contribution in [2.45, 2.75) is 32.0 Å². The summed E-state index contributed by atoms with van der Waals surface area (Å²) >= 11 is 0. The fourth-order valence-electron chi connectivity index (χ4n) is 5.23. The molecule has 8 heteroatoms. The highest BCUT2D eigenvalue weighted by atomic mass is 16.5. The number of ether oxygens (including phenoxy) is 1. The zero-order valence-corrected chi connectivity index (χ0v) is 19.2. The fraction of sp³-hybridized carbons (Fsp3) is 0.308. The van der Waals surface area contributed by atoms with E-state index in [1.807, 2.05) is 31.5 Å². The van der Waals surface area contributed by atoms with Crippen LogP contribution in [-0.4, -0.2) is 56.8 Å². The molecule has 0 aromatic carbocycles. The van der Waals surface area contributed by atoms with Crippen molar-refractivity contribution in [2.24, 2.45) is 0 Å². The van der Waals surface area contributed by atoms with Crippen LogP contribution in [0.3, 0.4) is 0 Å². The van der Waals surface area contributed by atoms with E-state index < -0.39 is 0 Å². The van der Waals surface area contributed by atoms with Gasteiger partial charge in [0.2, 0.25) is 0 Å². The Bertz CT molecular complexity index is 1380. The maximum atomic E-state index is 9.51. The summed E-state index contributed by atoms with van der Waals surface area (Å²) in [6.45, 7) is 4.84. The Hall–Kier alpha value is -3.96. The molecule has 0 radical (unpaired) electrons. The van der Waals surface area contributed by atoms with Crippen LogP contribution in [0.2, 0.25) is 0 Å². The number of piperazine rings is 1. The van der Waals surface area contributed by atoms with Crippen molar-refractivity contribution in [3.63, 3.8) is 0 Å². The van der Waals surface area contributed by atoms with Crippen LogP contribution in [0.4, 0.5) is 5.82 Å². The summed E-state index contributed by atoms with van der Waals surface area (Å²) in [6.07, 6.45) is 8.48. The lowest BCUT2D eigenvalue weighted by molar-refractivity contribution is -0.00969. The number of nitriles is 1. The number of anilines is 1. The number of methoxy groups -OCH3 is 1. The monoisotopic (exact) mass is 451 g/mol. The van der Waals surface area contributed by atoms with E-state index in [4.69, 9.17) is 9.72 Å². The highest BCUT2D eigenvalue weighted by Crippen LogP contribution is 2.36. The van der Waals surface area contributed by atoms with Crippen LogP contribution in [0.25, 0.3) is 16.6 Å². The molecule has 4 aromatic heterocycles. The van der Waals surface area contributed by atoms with Crippen LogP contribution in [0, 0.1) is 18.3 Å². The normalized spacial score (nSPS) is 19.6. The van der Waals surface area contributed by atoms with Gasteiger partial charge in [-0.2, -0.15) is 10.4 Å². The van der Waals surface area contributed by atoms with Crippen molar-refractivity contribution in [2.75, 3.05) is 25.1 Å². The van der Waals surface area contributed by atoms with Gasteiger partial charge in [0.15, 0.2) is 0 Å². The molecular formula is C26H25N7O. The Morgan fingerprint density at radius 1 is 1.09 bits per heavy atom. The predicted molar refractivity (Wildman–Crippen MR) is 129 cm³/mol. The fourth-order valence-corrected chi connectivity index (χ4v) is 5.23. The van der Waals surface area contributed by atoms with Gasteiger partial charge in [0.05, 0.1) is 36.3 Å². The quantitative estimate of drug-likeness (QED) is 0.460. The average molecular weight is 452 g/mol. The van der Waals surface area contributed by atoms with Gasteiger partial charge < -0.3 is 9.64 Å². The number of rotatable bonds is 5. The minimum Gasteiger partial charge on any atom is -0.495 e. The Morgan fingerprint density at radius 2 is 1.94 bits per heavy atom. The molecule has 7 heterocycles. The largest absolute Gasteiger partial charge is 0.495 e. The van der Waals surface area contributed by atoms with Crippen molar-refractivity contribution in [1.82, 2.24) is 24.5 Å². The first-order valence-corrected chi connectivity index (χ1v) is 11.5. The first-order chi connectivity index (χ1) is 16.6. The van der Waals surface area contributed by atoms with Crippen molar-refractivity contribution >= 4 is 11.3 Å². The van der Waals surface area contributed by atoms with Crippen LogP contribution in [0.5, 0.6) is 5.75 Å². The molecule has 0 spiro atoms. The van der Waals surface area contributed by atoms with Crippen molar-refractivity contribution in [3.05, 3.63) is 71.9 Å². The SMILES string of the molecule is COc1ccc(CN2C3CC2CN(c2ccc(-c4cc(C)cn5ncc(C#N)c45)cn2)C3)nc1. The third-order valence-corrected chi connectivity index (χ3v) is 6.97. The Balaban J connectivity index is 1.18. The number of aryl methyl sites for hydroxylation is 1. The van der Waals surface area contributed by atoms with E-state index in [1.165, 1.54) is 6.42 Å². The predicted octanol–water partition coefficient (Wildman–Crippen LogP) is 3.44. The van der Waals surface area contributed by atoms with Gasteiger partial charge in [-0.1, -0.05) is 0 Å². The highest BCUT2D eigenvalue weighted by Gasteiger charge is 2.44. The smallest absolute Gasteiger partial charge is 0.137 e. The Morgan fingerprint density at radius 3 is 2.62 bits per heavy atom. The van der Waals surface area contributed by atoms with E-state index in [0.29, 0.717) is 17.6 Å². The third-order valence-electron chi connectivity index (χ3n) is 6.97. The van der Waals surface area contributed by atoms with E-state index in [1.54, 1.807) is 24.0 Å². The minimum atomic E-state index is 0.519. The Labute approximate surface area is 198 Å². The number of fused-ring (bicyclic) bond motifs is 3. The van der Waals surface area contributed by atoms with E-state index in [-0.39, 0.29) is 0 Å². The lowest BCUT2D eigenvalue weighted by Gasteiger charge is -2.56. The van der Waals surface area contributed by atoms with E-state index in [2.05, 4.69) is 44.2 Å². The lowest BCUT2D eigenvalue weighted by atomic mass is 9.87. The topological polar surface area (TPSA) is 82.6 Å². The van der Waals surface area contributed by atoms with Gasteiger partial charge in [-0.25, -0.2) is 9.50 Å².